The van der Waals surface area contributed by atoms with Crippen molar-refractivity contribution in [2.24, 2.45) is 18.4 Å². The van der Waals surface area contributed by atoms with Gasteiger partial charge in [-0.25, -0.2) is 4.57 Å². The largest absolute Gasteiger partial charge is 0.208 e. The van der Waals surface area contributed by atoms with E-state index in [0.717, 1.165) is 5.92 Å². The molecule has 1 heterocycles. The van der Waals surface area contributed by atoms with Gasteiger partial charge in [0.15, 0.2) is 12.4 Å². The smallest absolute Gasteiger partial charge is 0.168 e. The van der Waals surface area contributed by atoms with Crippen LogP contribution in [0.3, 0.4) is 0 Å². The van der Waals surface area contributed by atoms with E-state index in [1.54, 1.807) is 0 Å². The van der Waals surface area contributed by atoms with E-state index in [9.17, 15) is 0 Å². The maximum Gasteiger partial charge on any atom is 0.168 e. The minimum absolute atomic E-state index is 0.337. The van der Waals surface area contributed by atoms with E-state index in [1.165, 1.54) is 12.0 Å². The zero-order valence-corrected chi connectivity index (χ0v) is 11.6. The Bertz CT molecular complexity index is 316. The summed E-state index contributed by atoms with van der Waals surface area (Å²) in [5.41, 5.74) is 1.81. The second-order valence-electron chi connectivity index (χ2n) is 6.35. The standard InChI is InChI=1S/C15H26N/c1-12(2)11-14(15(3,4)5)13-7-9-16(6)10-8-13/h7-10,12,14H,11H2,1-6H3/q+1. The number of rotatable bonds is 3. The van der Waals surface area contributed by atoms with Gasteiger partial charge >= 0.3 is 0 Å². The van der Waals surface area contributed by atoms with Crippen LogP contribution in [0.25, 0.3) is 0 Å². The molecule has 1 heteroatoms. The number of hydrogen-bond donors (Lipinski definition) is 0. The van der Waals surface area contributed by atoms with Crippen LogP contribution in [0.1, 0.15) is 52.5 Å². The van der Waals surface area contributed by atoms with Gasteiger partial charge in [0.05, 0.1) is 0 Å². The van der Waals surface area contributed by atoms with Crippen molar-refractivity contribution in [2.45, 2.75) is 47.0 Å². The van der Waals surface area contributed by atoms with Crippen LogP contribution in [0.15, 0.2) is 24.5 Å². The first-order valence-electron chi connectivity index (χ1n) is 6.26. The summed E-state index contributed by atoms with van der Waals surface area (Å²) in [7, 11) is 2.07. The molecule has 0 aliphatic carbocycles. The maximum atomic E-state index is 2.34. The second-order valence-corrected chi connectivity index (χ2v) is 6.35. The van der Waals surface area contributed by atoms with Crippen LogP contribution in [0.2, 0.25) is 0 Å². The normalized spacial score (nSPS) is 14.2. The van der Waals surface area contributed by atoms with Gasteiger partial charge in [0, 0.05) is 12.1 Å². The fourth-order valence-corrected chi connectivity index (χ4v) is 2.21. The summed E-state index contributed by atoms with van der Waals surface area (Å²) in [6, 6.07) is 4.52. The number of aromatic nitrogens is 1. The SMILES string of the molecule is CC(C)CC(c1cc[n+](C)cc1)C(C)(C)C. The van der Waals surface area contributed by atoms with Crippen LogP contribution in [0.5, 0.6) is 0 Å². The molecule has 1 atom stereocenters. The van der Waals surface area contributed by atoms with Crippen molar-refractivity contribution >= 4 is 0 Å². The fourth-order valence-electron chi connectivity index (χ4n) is 2.21. The van der Waals surface area contributed by atoms with Gasteiger partial charge in [0.1, 0.15) is 7.05 Å². The number of pyridine rings is 1. The molecule has 1 nitrogen and oxygen atoms in total. The first kappa shape index (κ1) is 13.2. The van der Waals surface area contributed by atoms with Gasteiger partial charge in [-0.15, -0.1) is 0 Å². The zero-order valence-electron chi connectivity index (χ0n) is 11.6. The molecule has 1 aromatic heterocycles. The minimum Gasteiger partial charge on any atom is -0.208 e. The van der Waals surface area contributed by atoms with Gasteiger partial charge in [-0.05, 0) is 29.2 Å². The van der Waals surface area contributed by atoms with Gasteiger partial charge in [-0.3, -0.25) is 0 Å². The molecule has 0 bridgehead atoms. The van der Waals surface area contributed by atoms with E-state index in [0.29, 0.717) is 11.3 Å². The Hall–Kier alpha value is -0.850. The van der Waals surface area contributed by atoms with Gasteiger partial charge in [0.2, 0.25) is 0 Å². The van der Waals surface area contributed by atoms with Gasteiger partial charge in [0.25, 0.3) is 0 Å². The summed E-state index contributed by atoms with van der Waals surface area (Å²) in [6.45, 7) is 11.6. The lowest BCUT2D eigenvalue weighted by atomic mass is 9.73. The molecule has 0 fully saturated rings. The molecule has 0 spiro atoms. The summed E-state index contributed by atoms with van der Waals surface area (Å²) in [4.78, 5) is 0. The zero-order chi connectivity index (χ0) is 12.3. The van der Waals surface area contributed by atoms with Crippen LogP contribution in [0, 0.1) is 11.3 Å². The van der Waals surface area contributed by atoms with Crippen molar-refractivity contribution in [3.63, 3.8) is 0 Å². The van der Waals surface area contributed by atoms with Crippen molar-refractivity contribution in [3.05, 3.63) is 30.1 Å². The first-order chi connectivity index (χ1) is 7.30. The number of nitrogens with zero attached hydrogens (tertiary/aromatic N) is 1. The highest BCUT2D eigenvalue weighted by Crippen LogP contribution is 2.39. The van der Waals surface area contributed by atoms with Crippen LogP contribution in [0.4, 0.5) is 0 Å². The monoisotopic (exact) mass is 220 g/mol. The van der Waals surface area contributed by atoms with Crippen LogP contribution >= 0.6 is 0 Å². The minimum atomic E-state index is 0.337. The first-order valence-corrected chi connectivity index (χ1v) is 6.26. The Labute approximate surface area is 101 Å². The Balaban J connectivity index is 2.97. The van der Waals surface area contributed by atoms with Crippen molar-refractivity contribution < 1.29 is 4.57 Å². The summed E-state index contributed by atoms with van der Waals surface area (Å²) >= 11 is 0. The molecular weight excluding hydrogens is 194 g/mol. The molecule has 1 rings (SSSR count). The van der Waals surface area contributed by atoms with Gasteiger partial charge in [-0.2, -0.15) is 0 Å². The van der Waals surface area contributed by atoms with Crippen molar-refractivity contribution in [1.29, 1.82) is 0 Å². The maximum absolute atomic E-state index is 2.34. The molecule has 0 radical (unpaired) electrons. The van der Waals surface area contributed by atoms with Crippen molar-refractivity contribution in [2.75, 3.05) is 0 Å². The molecule has 1 aromatic rings. The predicted molar refractivity (Wildman–Crippen MR) is 69.3 cm³/mol. The van der Waals surface area contributed by atoms with Crippen LogP contribution in [-0.4, -0.2) is 0 Å². The quantitative estimate of drug-likeness (QED) is 0.684. The topological polar surface area (TPSA) is 3.88 Å². The lowest BCUT2D eigenvalue weighted by Crippen LogP contribution is -2.27. The Morgan fingerprint density at radius 2 is 1.62 bits per heavy atom. The molecule has 0 saturated heterocycles. The molecule has 0 aliphatic rings. The van der Waals surface area contributed by atoms with E-state index in [-0.39, 0.29) is 0 Å². The molecule has 0 aliphatic heterocycles. The molecule has 0 aromatic carbocycles. The lowest BCUT2D eigenvalue weighted by molar-refractivity contribution is -0.671. The Morgan fingerprint density at radius 3 is 2.00 bits per heavy atom. The number of hydrogen-bond acceptors (Lipinski definition) is 0. The predicted octanol–water partition coefficient (Wildman–Crippen LogP) is 3.69. The van der Waals surface area contributed by atoms with Gasteiger partial charge in [-0.1, -0.05) is 34.6 Å². The molecule has 90 valence electrons. The third-order valence-corrected chi connectivity index (χ3v) is 3.16. The van der Waals surface area contributed by atoms with E-state index in [4.69, 9.17) is 0 Å². The highest BCUT2D eigenvalue weighted by Gasteiger charge is 2.27. The summed E-state index contributed by atoms with van der Waals surface area (Å²) in [5, 5.41) is 0. The molecule has 16 heavy (non-hydrogen) atoms. The molecule has 0 N–H and O–H groups in total. The third kappa shape index (κ3) is 3.62. The van der Waals surface area contributed by atoms with Crippen molar-refractivity contribution in [1.82, 2.24) is 0 Å². The highest BCUT2D eigenvalue weighted by molar-refractivity contribution is 5.16. The van der Waals surface area contributed by atoms with E-state index < -0.39 is 0 Å². The summed E-state index contributed by atoms with van der Waals surface area (Å²) < 4.78 is 2.10. The third-order valence-electron chi connectivity index (χ3n) is 3.16. The van der Waals surface area contributed by atoms with E-state index in [1.807, 2.05) is 0 Å². The highest BCUT2D eigenvalue weighted by atomic mass is 14.9. The van der Waals surface area contributed by atoms with Crippen molar-refractivity contribution in [3.8, 4) is 0 Å². The van der Waals surface area contributed by atoms with Crippen LogP contribution < -0.4 is 4.57 Å². The Kier molecular flexibility index (Phi) is 4.12. The number of aryl methyl sites for hydroxylation is 1. The van der Waals surface area contributed by atoms with Crippen LogP contribution in [-0.2, 0) is 7.05 Å². The van der Waals surface area contributed by atoms with E-state index >= 15 is 0 Å². The molecule has 0 amide bonds. The van der Waals surface area contributed by atoms with Gasteiger partial charge < -0.3 is 0 Å². The Morgan fingerprint density at radius 1 is 1.12 bits per heavy atom. The molecule has 1 unspecified atom stereocenters. The average molecular weight is 220 g/mol. The fraction of sp³-hybridized carbons (Fsp3) is 0.667. The summed E-state index contributed by atoms with van der Waals surface area (Å²) in [5.74, 6) is 1.40. The van der Waals surface area contributed by atoms with E-state index in [2.05, 4.69) is 70.8 Å². The average Bonchev–Trinajstić information content (AvgIpc) is 2.14. The summed E-state index contributed by atoms with van der Waals surface area (Å²) in [6.07, 6.45) is 5.56. The molecule has 0 saturated carbocycles. The second kappa shape index (κ2) is 4.99. The lowest BCUT2D eigenvalue weighted by Gasteiger charge is -2.32. The molecular formula is C15H26N+.